The Hall–Kier alpha value is -0.580. The molecule has 0 spiro atoms. The van der Waals surface area contributed by atoms with Crippen LogP contribution in [0.3, 0.4) is 0 Å². The molecular weight excluding hydrogens is 351 g/mol. The highest BCUT2D eigenvalue weighted by Gasteiger charge is 2.24. The first-order valence-electron chi connectivity index (χ1n) is 5.11. The summed E-state index contributed by atoms with van der Waals surface area (Å²) in [6.45, 7) is -0.416. The quantitative estimate of drug-likeness (QED) is 0.597. The third-order valence-corrected chi connectivity index (χ3v) is 5.58. The van der Waals surface area contributed by atoms with Crippen LogP contribution < -0.4 is 5.73 Å². The van der Waals surface area contributed by atoms with Crippen LogP contribution in [0.2, 0.25) is 10.0 Å². The molecule has 1 rings (SSSR count). The summed E-state index contributed by atoms with van der Waals surface area (Å²) < 4.78 is 54.9. The lowest BCUT2D eigenvalue weighted by Gasteiger charge is -2.17. The van der Waals surface area contributed by atoms with Crippen molar-refractivity contribution in [3.05, 3.63) is 22.2 Å². The van der Waals surface area contributed by atoms with E-state index in [4.69, 9.17) is 33.5 Å². The summed E-state index contributed by atoms with van der Waals surface area (Å²) in [5, 5.41) is -0.0569. The van der Waals surface area contributed by atoms with Gasteiger partial charge >= 0.3 is 0 Å². The van der Waals surface area contributed by atoms with Gasteiger partial charge in [0.1, 0.15) is 0 Å². The maximum atomic E-state index is 12.2. The predicted molar refractivity (Wildman–Crippen MR) is 77.1 cm³/mol. The molecule has 0 aromatic heterocycles. The monoisotopic (exact) mass is 362 g/mol. The van der Waals surface area contributed by atoms with E-state index in [1.807, 2.05) is 0 Å². The average Bonchev–Trinajstić information content (AvgIpc) is 2.31. The Balaban J connectivity index is 3.11. The van der Waals surface area contributed by atoms with Crippen LogP contribution in [0.4, 0.5) is 5.69 Å². The smallest absolute Gasteiger partial charge is 0.266 e. The Kier molecular flexibility index (Phi) is 5.28. The minimum atomic E-state index is -4.26. The Morgan fingerprint density at radius 1 is 1.20 bits per heavy atom. The Morgan fingerprint density at radius 2 is 1.65 bits per heavy atom. The van der Waals surface area contributed by atoms with E-state index in [1.54, 1.807) is 0 Å². The maximum absolute atomic E-state index is 12.2. The fraction of sp³-hybridized carbons (Fsp3) is 0.333. The molecule has 1 aromatic carbocycles. The van der Waals surface area contributed by atoms with Gasteiger partial charge in [0.15, 0.2) is 0 Å². The zero-order valence-corrected chi connectivity index (χ0v) is 13.4. The van der Waals surface area contributed by atoms with E-state index < -0.39 is 32.4 Å². The molecular formula is C9H12Cl2N2O5S2. The number of nitrogens with two attached hydrogens (primary N) is 1. The Morgan fingerprint density at radius 3 is 2.05 bits per heavy atom. The van der Waals surface area contributed by atoms with Crippen LogP contribution in [-0.2, 0) is 20.1 Å². The molecule has 0 saturated carbocycles. The molecule has 0 unspecified atom stereocenters. The highest BCUT2D eigenvalue weighted by atomic mass is 35.5. The number of sulfonamides is 1. The third-order valence-electron chi connectivity index (χ3n) is 2.42. The number of rotatable bonds is 5. The van der Waals surface area contributed by atoms with Crippen molar-refractivity contribution in [3.8, 4) is 0 Å². The highest BCUT2D eigenvalue weighted by Crippen LogP contribution is 2.31. The first kappa shape index (κ1) is 17.5. The van der Waals surface area contributed by atoms with Gasteiger partial charge in [-0.1, -0.05) is 23.2 Å². The van der Waals surface area contributed by atoms with Crippen LogP contribution in [0.25, 0.3) is 0 Å². The molecule has 0 amide bonds. The minimum absolute atomic E-state index is 0.0285. The normalized spacial score (nSPS) is 12.8. The molecule has 1 aromatic rings. The number of anilines is 1. The second kappa shape index (κ2) is 6.04. The summed E-state index contributed by atoms with van der Waals surface area (Å²) in [6, 6.07) is 2.23. The standard InChI is InChI=1S/C9H12Cl2N2O5S2/c1-13(2-3-19(14,15)16)20(17,18)6-4-7(10)9(12)8(11)5-6/h4-5H,2-3,12H2,1H3,(H,14,15,16). The molecule has 0 bridgehead atoms. The van der Waals surface area contributed by atoms with Crippen molar-refractivity contribution < 1.29 is 21.4 Å². The van der Waals surface area contributed by atoms with E-state index in [0.29, 0.717) is 0 Å². The number of hydrogen-bond acceptors (Lipinski definition) is 5. The predicted octanol–water partition coefficient (Wildman–Crippen LogP) is 1.08. The van der Waals surface area contributed by atoms with Gasteiger partial charge in [-0.25, -0.2) is 8.42 Å². The summed E-state index contributed by atoms with van der Waals surface area (Å²) in [4.78, 5) is -0.223. The van der Waals surface area contributed by atoms with Crippen molar-refractivity contribution in [2.75, 3.05) is 25.1 Å². The van der Waals surface area contributed by atoms with Crippen LogP contribution in [-0.4, -0.2) is 45.0 Å². The molecule has 0 aliphatic heterocycles. The van der Waals surface area contributed by atoms with E-state index in [9.17, 15) is 16.8 Å². The minimum Gasteiger partial charge on any atom is -0.396 e. The first-order valence-corrected chi connectivity index (χ1v) is 8.91. The Labute approximate surface area is 127 Å². The topological polar surface area (TPSA) is 118 Å². The molecule has 20 heavy (non-hydrogen) atoms. The molecule has 0 heterocycles. The summed E-state index contributed by atoms with van der Waals surface area (Å²) in [5.41, 5.74) is 5.55. The number of nitrogens with zero attached hydrogens (tertiary/aromatic N) is 1. The SMILES string of the molecule is CN(CCS(=O)(=O)O)S(=O)(=O)c1cc(Cl)c(N)c(Cl)c1. The van der Waals surface area contributed by atoms with E-state index in [0.717, 1.165) is 16.4 Å². The van der Waals surface area contributed by atoms with E-state index >= 15 is 0 Å². The van der Waals surface area contributed by atoms with E-state index in [1.165, 1.54) is 7.05 Å². The van der Waals surface area contributed by atoms with Crippen LogP contribution in [0, 0.1) is 0 Å². The van der Waals surface area contributed by atoms with Gasteiger partial charge in [0.25, 0.3) is 10.1 Å². The van der Waals surface area contributed by atoms with Crippen molar-refractivity contribution in [2.45, 2.75) is 4.90 Å². The van der Waals surface area contributed by atoms with Crippen molar-refractivity contribution in [2.24, 2.45) is 0 Å². The number of hydrogen-bond donors (Lipinski definition) is 2. The van der Waals surface area contributed by atoms with Gasteiger partial charge in [-0.2, -0.15) is 12.7 Å². The van der Waals surface area contributed by atoms with Crippen molar-refractivity contribution in [1.29, 1.82) is 0 Å². The molecule has 0 aliphatic carbocycles. The van der Waals surface area contributed by atoms with Crippen molar-refractivity contribution >= 4 is 49.0 Å². The van der Waals surface area contributed by atoms with Gasteiger partial charge in [-0.05, 0) is 12.1 Å². The lowest BCUT2D eigenvalue weighted by molar-refractivity contribution is 0.459. The second-order valence-electron chi connectivity index (χ2n) is 3.91. The first-order chi connectivity index (χ1) is 8.95. The van der Waals surface area contributed by atoms with Crippen molar-refractivity contribution in [3.63, 3.8) is 0 Å². The molecule has 0 atom stereocenters. The third kappa shape index (κ3) is 4.21. The number of halogens is 2. The average molecular weight is 363 g/mol. The molecule has 0 aliphatic rings. The summed E-state index contributed by atoms with van der Waals surface area (Å²) in [6.07, 6.45) is 0. The largest absolute Gasteiger partial charge is 0.396 e. The highest BCUT2D eigenvalue weighted by molar-refractivity contribution is 7.89. The van der Waals surface area contributed by atoms with E-state index in [2.05, 4.69) is 0 Å². The van der Waals surface area contributed by atoms with Gasteiger partial charge < -0.3 is 5.73 Å². The van der Waals surface area contributed by atoms with Gasteiger partial charge in [-0.3, -0.25) is 4.55 Å². The molecule has 0 radical (unpaired) electrons. The van der Waals surface area contributed by atoms with Crippen LogP contribution >= 0.6 is 23.2 Å². The van der Waals surface area contributed by atoms with Gasteiger partial charge in [0.05, 0.1) is 26.4 Å². The lowest BCUT2D eigenvalue weighted by Crippen LogP contribution is -2.31. The zero-order valence-electron chi connectivity index (χ0n) is 10.2. The summed E-state index contributed by atoms with van der Waals surface area (Å²) >= 11 is 11.5. The van der Waals surface area contributed by atoms with Gasteiger partial charge in [0.2, 0.25) is 10.0 Å². The van der Waals surface area contributed by atoms with Crippen molar-refractivity contribution in [1.82, 2.24) is 4.31 Å². The molecule has 0 saturated heterocycles. The molecule has 3 N–H and O–H groups in total. The number of nitrogen functional groups attached to an aromatic ring is 1. The Bertz CT molecular complexity index is 695. The van der Waals surface area contributed by atoms with E-state index in [-0.39, 0.29) is 20.6 Å². The lowest BCUT2D eigenvalue weighted by atomic mass is 10.3. The summed E-state index contributed by atoms with van der Waals surface area (Å²) in [5.74, 6) is -0.723. The van der Waals surface area contributed by atoms with Crippen LogP contribution in [0.15, 0.2) is 17.0 Å². The number of benzene rings is 1. The van der Waals surface area contributed by atoms with Gasteiger partial charge in [-0.15, -0.1) is 0 Å². The molecule has 11 heteroatoms. The second-order valence-corrected chi connectivity index (χ2v) is 8.34. The molecule has 114 valence electrons. The molecule has 0 fully saturated rings. The van der Waals surface area contributed by atoms with Crippen LogP contribution in [0.5, 0.6) is 0 Å². The zero-order chi connectivity index (χ0) is 15.7. The van der Waals surface area contributed by atoms with Gasteiger partial charge in [0, 0.05) is 13.6 Å². The van der Waals surface area contributed by atoms with Crippen LogP contribution in [0.1, 0.15) is 0 Å². The molecule has 7 nitrogen and oxygen atoms in total. The fourth-order valence-electron chi connectivity index (χ4n) is 1.25. The summed E-state index contributed by atoms with van der Waals surface area (Å²) in [7, 11) is -7.09. The maximum Gasteiger partial charge on any atom is 0.266 e. The fourth-order valence-corrected chi connectivity index (χ4v) is 3.72.